The van der Waals surface area contributed by atoms with Crippen LogP contribution in [0.4, 0.5) is 0 Å². The smallest absolute Gasteiger partial charge is 0.0548 e. The van der Waals surface area contributed by atoms with Crippen molar-refractivity contribution in [2.75, 3.05) is 0 Å². The summed E-state index contributed by atoms with van der Waals surface area (Å²) in [5, 5.41) is 15.7. The standard InChI is InChI=1S/C50H29NS/c1-2-10-35-30(8-1)9-7-13-37(35)38-25-19-33-20-26-39-36(24-18-32-21-27-40(38)48(33)47(32)39)31-16-22-34(23-17-31)51-43-14-5-3-11-41(43)49-44(51)28-29-46-50(49)42-12-4-6-15-45(42)52-46/h1-29H. The zero-order chi connectivity index (χ0) is 33.9. The maximum absolute atomic E-state index is 2.44. The number of para-hydroxylation sites is 1. The zero-order valence-electron chi connectivity index (χ0n) is 28.1. The Morgan fingerprint density at radius 3 is 1.77 bits per heavy atom. The highest BCUT2D eigenvalue weighted by atomic mass is 32.1. The van der Waals surface area contributed by atoms with Crippen LogP contribution in [-0.2, 0) is 0 Å². The average Bonchev–Trinajstić information content (AvgIpc) is 3.75. The Morgan fingerprint density at radius 1 is 0.308 bits per heavy atom. The van der Waals surface area contributed by atoms with Gasteiger partial charge in [-0.15, -0.1) is 11.3 Å². The van der Waals surface area contributed by atoms with Crippen LogP contribution < -0.4 is 0 Å². The Kier molecular flexibility index (Phi) is 5.71. The lowest BCUT2D eigenvalue weighted by Crippen LogP contribution is -1.94. The van der Waals surface area contributed by atoms with E-state index >= 15 is 0 Å². The van der Waals surface area contributed by atoms with Gasteiger partial charge in [-0.3, -0.25) is 0 Å². The van der Waals surface area contributed by atoms with Crippen LogP contribution in [0.1, 0.15) is 0 Å². The Morgan fingerprint density at radius 2 is 0.942 bits per heavy atom. The molecule has 0 saturated heterocycles. The number of hydrogen-bond acceptors (Lipinski definition) is 1. The quantitative estimate of drug-likeness (QED) is 0.164. The van der Waals surface area contributed by atoms with Gasteiger partial charge in [-0.25, -0.2) is 0 Å². The van der Waals surface area contributed by atoms with E-state index in [1.54, 1.807) is 0 Å². The molecule has 0 aliphatic carbocycles. The largest absolute Gasteiger partial charge is 0.309 e. The minimum Gasteiger partial charge on any atom is -0.309 e. The van der Waals surface area contributed by atoms with Crippen molar-refractivity contribution in [1.29, 1.82) is 0 Å². The highest BCUT2D eigenvalue weighted by Gasteiger charge is 2.19. The molecule has 1 nitrogen and oxygen atoms in total. The average molecular weight is 676 g/mol. The lowest BCUT2D eigenvalue weighted by Gasteiger charge is -2.17. The normalized spacial score (nSPS) is 12.2. The molecule has 2 aromatic heterocycles. The number of thiophene rings is 1. The molecule has 0 aliphatic rings. The molecule has 2 heteroatoms. The fourth-order valence-corrected chi connectivity index (χ4v) is 10.2. The molecule has 0 saturated carbocycles. The molecule has 0 bridgehead atoms. The molecule has 0 N–H and O–H groups in total. The lowest BCUT2D eigenvalue weighted by molar-refractivity contribution is 1.18. The van der Waals surface area contributed by atoms with E-state index in [4.69, 9.17) is 0 Å². The first-order valence-corrected chi connectivity index (χ1v) is 18.7. The Hall–Kier alpha value is -6.48. The Balaban J connectivity index is 1.04. The third-order valence-corrected chi connectivity index (χ3v) is 12.5. The maximum atomic E-state index is 2.44. The van der Waals surface area contributed by atoms with Crippen molar-refractivity contribution < 1.29 is 0 Å². The van der Waals surface area contributed by atoms with Crippen LogP contribution in [0.5, 0.6) is 0 Å². The molecule has 0 radical (unpaired) electrons. The summed E-state index contributed by atoms with van der Waals surface area (Å²) in [5.41, 5.74) is 8.71. The van der Waals surface area contributed by atoms with Crippen molar-refractivity contribution in [2.45, 2.75) is 0 Å². The van der Waals surface area contributed by atoms with Crippen LogP contribution >= 0.6 is 11.3 Å². The number of benzene rings is 10. The first-order valence-electron chi connectivity index (χ1n) is 17.9. The maximum Gasteiger partial charge on any atom is 0.0548 e. The van der Waals surface area contributed by atoms with Gasteiger partial charge in [-0.05, 0) is 102 Å². The molecule has 0 unspecified atom stereocenters. The van der Waals surface area contributed by atoms with Crippen molar-refractivity contribution in [3.63, 3.8) is 0 Å². The second kappa shape index (κ2) is 10.5. The topological polar surface area (TPSA) is 4.93 Å². The summed E-state index contributed by atoms with van der Waals surface area (Å²) < 4.78 is 5.12. The van der Waals surface area contributed by atoms with Crippen LogP contribution in [-0.4, -0.2) is 4.57 Å². The fraction of sp³-hybridized carbons (Fsp3) is 0. The van der Waals surface area contributed by atoms with Gasteiger partial charge in [-0.2, -0.15) is 0 Å². The number of rotatable bonds is 3. The van der Waals surface area contributed by atoms with Gasteiger partial charge in [0, 0.05) is 36.6 Å². The minimum absolute atomic E-state index is 1.17. The van der Waals surface area contributed by atoms with E-state index in [0.29, 0.717) is 0 Å². The minimum atomic E-state index is 1.17. The molecule has 52 heavy (non-hydrogen) atoms. The van der Waals surface area contributed by atoms with Crippen molar-refractivity contribution in [3.05, 3.63) is 176 Å². The van der Waals surface area contributed by atoms with Gasteiger partial charge in [-0.1, -0.05) is 140 Å². The summed E-state index contributed by atoms with van der Waals surface area (Å²) in [4.78, 5) is 0. The first kappa shape index (κ1) is 28.2. The Labute approximate surface area is 303 Å². The number of nitrogens with zero attached hydrogens (tertiary/aromatic N) is 1. The number of fused-ring (bicyclic) bond motifs is 8. The molecular formula is C50H29NS. The number of aromatic nitrogens is 1. The van der Waals surface area contributed by atoms with E-state index in [1.807, 2.05) is 11.3 Å². The van der Waals surface area contributed by atoms with Crippen LogP contribution in [0.15, 0.2) is 176 Å². The molecule has 240 valence electrons. The molecule has 0 amide bonds. The van der Waals surface area contributed by atoms with Gasteiger partial charge in [0.1, 0.15) is 0 Å². The molecular weight excluding hydrogens is 647 g/mol. The number of hydrogen-bond donors (Lipinski definition) is 0. The summed E-state index contributed by atoms with van der Waals surface area (Å²) in [6.07, 6.45) is 0. The van der Waals surface area contributed by atoms with E-state index in [1.165, 1.54) is 113 Å². The molecule has 12 rings (SSSR count). The predicted molar refractivity (Wildman–Crippen MR) is 226 cm³/mol. The summed E-state index contributed by atoms with van der Waals surface area (Å²) in [6, 6.07) is 65.4. The third-order valence-electron chi connectivity index (χ3n) is 11.4. The zero-order valence-corrected chi connectivity index (χ0v) is 28.9. The van der Waals surface area contributed by atoms with Gasteiger partial charge in [0.25, 0.3) is 0 Å². The predicted octanol–water partition coefficient (Wildman–Crippen LogP) is 14.5. The van der Waals surface area contributed by atoms with Gasteiger partial charge >= 0.3 is 0 Å². The van der Waals surface area contributed by atoms with Gasteiger partial charge < -0.3 is 4.57 Å². The van der Waals surface area contributed by atoms with Gasteiger partial charge in [0.05, 0.1) is 11.0 Å². The highest BCUT2D eigenvalue weighted by molar-refractivity contribution is 7.26. The molecule has 0 fully saturated rings. The molecule has 0 spiro atoms. The van der Waals surface area contributed by atoms with Crippen molar-refractivity contribution in [2.24, 2.45) is 0 Å². The molecule has 12 aromatic rings. The van der Waals surface area contributed by atoms with Crippen LogP contribution in [0.3, 0.4) is 0 Å². The first-order chi connectivity index (χ1) is 25.8. The van der Waals surface area contributed by atoms with Crippen LogP contribution in [0.2, 0.25) is 0 Å². The van der Waals surface area contributed by atoms with Gasteiger partial charge in [0.2, 0.25) is 0 Å². The summed E-state index contributed by atoms with van der Waals surface area (Å²) in [7, 11) is 0. The van der Waals surface area contributed by atoms with Crippen molar-refractivity contribution >= 4 is 96.4 Å². The van der Waals surface area contributed by atoms with E-state index in [0.717, 1.165) is 0 Å². The fourth-order valence-electron chi connectivity index (χ4n) is 9.09. The second-order valence-corrected chi connectivity index (χ2v) is 15.1. The van der Waals surface area contributed by atoms with E-state index < -0.39 is 0 Å². The molecule has 0 aliphatic heterocycles. The van der Waals surface area contributed by atoms with E-state index in [-0.39, 0.29) is 0 Å². The third kappa shape index (κ3) is 3.82. The van der Waals surface area contributed by atoms with Crippen LogP contribution in [0, 0.1) is 0 Å². The summed E-state index contributed by atoms with van der Waals surface area (Å²) in [6.45, 7) is 0. The monoisotopic (exact) mass is 675 g/mol. The molecule has 0 atom stereocenters. The lowest BCUT2D eigenvalue weighted by atomic mass is 9.86. The van der Waals surface area contributed by atoms with E-state index in [9.17, 15) is 0 Å². The van der Waals surface area contributed by atoms with Crippen molar-refractivity contribution in [1.82, 2.24) is 4.57 Å². The Bertz CT molecular complexity index is 3390. The van der Waals surface area contributed by atoms with E-state index in [2.05, 4.69) is 180 Å². The molecule has 2 heterocycles. The highest BCUT2D eigenvalue weighted by Crippen LogP contribution is 2.45. The van der Waals surface area contributed by atoms with Crippen molar-refractivity contribution in [3.8, 4) is 27.9 Å². The van der Waals surface area contributed by atoms with Crippen LogP contribution in [0.25, 0.3) is 113 Å². The SMILES string of the molecule is c1ccc2c(-c3ccc4ccc5c(-c6ccc(-n7c8ccccc8c8c9c(ccc87)sc7ccccc79)cc6)ccc6ccc3c4c65)cccc2c1. The summed E-state index contributed by atoms with van der Waals surface area (Å²) >= 11 is 1.88. The summed E-state index contributed by atoms with van der Waals surface area (Å²) in [5.74, 6) is 0. The van der Waals surface area contributed by atoms with Gasteiger partial charge in [0.15, 0.2) is 0 Å². The second-order valence-electron chi connectivity index (χ2n) is 14.0. The molecule has 10 aromatic carbocycles.